The van der Waals surface area contributed by atoms with Crippen LogP contribution >= 0.6 is 12.2 Å². The predicted molar refractivity (Wildman–Crippen MR) is 67.5 cm³/mol. The molecule has 0 aliphatic rings. The molecule has 0 fully saturated rings. The van der Waals surface area contributed by atoms with E-state index < -0.39 is 0 Å². The number of H-pyrrole nitrogens is 1. The lowest BCUT2D eigenvalue weighted by Crippen LogP contribution is -2.30. The van der Waals surface area contributed by atoms with Gasteiger partial charge in [0.2, 0.25) is 5.95 Å². The van der Waals surface area contributed by atoms with Crippen LogP contribution in [0.3, 0.4) is 0 Å². The van der Waals surface area contributed by atoms with Crippen LogP contribution in [0.5, 0.6) is 0 Å². The molecule has 5 nitrogen and oxygen atoms in total. The number of hydrogen-bond acceptors (Lipinski definition) is 4. The molecule has 0 saturated carbocycles. The minimum absolute atomic E-state index is 0.673. The molecule has 0 unspecified atom stereocenters. The van der Waals surface area contributed by atoms with Gasteiger partial charge in [0.15, 0.2) is 4.77 Å². The Hall–Kier alpha value is -0.880. The number of nitrogens with zero attached hydrogens (tertiary/aromatic N) is 3. The Bertz CT molecular complexity index is 360. The first-order valence-electron chi connectivity index (χ1n) is 5.72. The van der Waals surface area contributed by atoms with Crippen LogP contribution in [-0.2, 0) is 11.3 Å². The summed E-state index contributed by atoms with van der Waals surface area (Å²) in [5, 5.41) is 7.08. The normalized spacial score (nSPS) is 10.7. The Balaban J connectivity index is 2.74. The molecule has 16 heavy (non-hydrogen) atoms. The third-order valence-electron chi connectivity index (χ3n) is 2.43. The van der Waals surface area contributed by atoms with Gasteiger partial charge in [-0.1, -0.05) is 0 Å². The Kier molecular flexibility index (Phi) is 5.48. The van der Waals surface area contributed by atoms with Crippen molar-refractivity contribution in [1.29, 1.82) is 0 Å². The molecule has 0 saturated heterocycles. The molecule has 6 heteroatoms. The van der Waals surface area contributed by atoms with Gasteiger partial charge in [-0.3, -0.25) is 4.57 Å². The zero-order valence-corrected chi connectivity index (χ0v) is 11.0. The molecule has 0 aliphatic heterocycles. The number of aromatic amines is 1. The summed E-state index contributed by atoms with van der Waals surface area (Å²) in [6.07, 6.45) is 0. The van der Waals surface area contributed by atoms with E-state index in [0.29, 0.717) is 11.4 Å². The van der Waals surface area contributed by atoms with Gasteiger partial charge >= 0.3 is 0 Å². The number of ether oxygens (including phenoxy) is 1. The average molecular weight is 244 g/mol. The maximum atomic E-state index is 5.35. The van der Waals surface area contributed by atoms with Gasteiger partial charge in [0.1, 0.15) is 0 Å². The summed E-state index contributed by atoms with van der Waals surface area (Å²) in [7, 11) is 0. The molecular weight excluding hydrogens is 224 g/mol. The highest BCUT2D eigenvalue weighted by molar-refractivity contribution is 7.71. The van der Waals surface area contributed by atoms with Crippen molar-refractivity contribution in [2.24, 2.45) is 0 Å². The molecule has 1 heterocycles. The lowest BCUT2D eigenvalue weighted by molar-refractivity contribution is 0.153. The standard InChI is InChI=1S/C10H20N4OS/c1-4-13(7-8-15-6-3)9-11-12-10(16)14(9)5-2/h4-8H2,1-3H3,(H,12,16). The molecule has 1 aromatic rings. The number of nitrogens with one attached hydrogen (secondary N) is 1. The predicted octanol–water partition coefficient (Wildman–Crippen LogP) is 1.82. The van der Waals surface area contributed by atoms with Crippen molar-refractivity contribution in [2.45, 2.75) is 27.3 Å². The van der Waals surface area contributed by atoms with Crippen molar-refractivity contribution in [3.63, 3.8) is 0 Å². The van der Waals surface area contributed by atoms with E-state index in [1.54, 1.807) is 0 Å². The van der Waals surface area contributed by atoms with Crippen LogP contribution in [-0.4, -0.2) is 41.1 Å². The van der Waals surface area contributed by atoms with Gasteiger partial charge in [0, 0.05) is 26.2 Å². The van der Waals surface area contributed by atoms with E-state index in [0.717, 1.165) is 32.2 Å². The van der Waals surface area contributed by atoms with Gasteiger partial charge < -0.3 is 9.64 Å². The maximum absolute atomic E-state index is 5.35. The Labute approximate surface area is 101 Å². The van der Waals surface area contributed by atoms with Crippen LogP contribution in [0, 0.1) is 4.77 Å². The first kappa shape index (κ1) is 13.2. The zero-order chi connectivity index (χ0) is 12.0. The summed E-state index contributed by atoms with van der Waals surface area (Å²) < 4.78 is 8.02. The van der Waals surface area contributed by atoms with Crippen LogP contribution in [0.1, 0.15) is 20.8 Å². The van der Waals surface area contributed by atoms with Gasteiger partial charge in [-0.25, -0.2) is 5.10 Å². The number of likely N-dealkylation sites (N-methyl/N-ethyl adjacent to an activating group) is 1. The molecule has 0 atom stereocenters. The first-order valence-corrected chi connectivity index (χ1v) is 6.13. The molecule has 0 radical (unpaired) electrons. The topological polar surface area (TPSA) is 46.1 Å². The molecule has 0 amide bonds. The summed E-state index contributed by atoms with van der Waals surface area (Å²) in [6, 6.07) is 0. The molecule has 1 rings (SSSR count). The second-order valence-corrected chi connectivity index (χ2v) is 3.74. The maximum Gasteiger partial charge on any atom is 0.225 e. The fraction of sp³-hybridized carbons (Fsp3) is 0.800. The quantitative estimate of drug-likeness (QED) is 0.587. The molecule has 0 spiro atoms. The smallest absolute Gasteiger partial charge is 0.225 e. The van der Waals surface area contributed by atoms with Crippen molar-refractivity contribution >= 4 is 18.2 Å². The Morgan fingerprint density at radius 3 is 2.75 bits per heavy atom. The van der Waals surface area contributed by atoms with E-state index in [9.17, 15) is 0 Å². The Morgan fingerprint density at radius 1 is 1.44 bits per heavy atom. The van der Waals surface area contributed by atoms with E-state index in [2.05, 4.69) is 28.9 Å². The van der Waals surface area contributed by atoms with Gasteiger partial charge in [0.05, 0.1) is 6.61 Å². The van der Waals surface area contributed by atoms with E-state index in [4.69, 9.17) is 17.0 Å². The van der Waals surface area contributed by atoms with E-state index >= 15 is 0 Å². The summed E-state index contributed by atoms with van der Waals surface area (Å²) in [4.78, 5) is 2.16. The van der Waals surface area contributed by atoms with Crippen molar-refractivity contribution in [3.05, 3.63) is 4.77 Å². The number of anilines is 1. The second kappa shape index (κ2) is 6.65. The van der Waals surface area contributed by atoms with Crippen LogP contribution in [0.15, 0.2) is 0 Å². The summed E-state index contributed by atoms with van der Waals surface area (Å²) >= 11 is 5.16. The molecule has 0 bridgehead atoms. The molecule has 92 valence electrons. The highest BCUT2D eigenvalue weighted by atomic mass is 32.1. The van der Waals surface area contributed by atoms with E-state index in [1.807, 2.05) is 11.5 Å². The minimum Gasteiger partial charge on any atom is -0.380 e. The van der Waals surface area contributed by atoms with Crippen LogP contribution in [0.2, 0.25) is 0 Å². The summed E-state index contributed by atoms with van der Waals surface area (Å²) in [6.45, 7) is 10.2. The lowest BCUT2D eigenvalue weighted by Gasteiger charge is -2.21. The van der Waals surface area contributed by atoms with Gasteiger partial charge in [-0.15, -0.1) is 5.10 Å². The molecular formula is C10H20N4OS. The molecule has 1 aromatic heterocycles. The lowest BCUT2D eigenvalue weighted by atomic mass is 10.5. The average Bonchev–Trinajstić information content (AvgIpc) is 2.66. The number of rotatable bonds is 7. The minimum atomic E-state index is 0.673. The molecule has 0 aliphatic carbocycles. The van der Waals surface area contributed by atoms with Crippen molar-refractivity contribution in [3.8, 4) is 0 Å². The van der Waals surface area contributed by atoms with Crippen LogP contribution < -0.4 is 4.90 Å². The highest BCUT2D eigenvalue weighted by Crippen LogP contribution is 2.10. The van der Waals surface area contributed by atoms with E-state index in [-0.39, 0.29) is 0 Å². The first-order chi connectivity index (χ1) is 7.74. The van der Waals surface area contributed by atoms with Gasteiger partial charge in [-0.05, 0) is 33.0 Å². The van der Waals surface area contributed by atoms with Crippen molar-refractivity contribution < 1.29 is 4.74 Å². The molecule has 1 N–H and O–H groups in total. The fourth-order valence-electron chi connectivity index (χ4n) is 1.55. The number of aromatic nitrogens is 3. The third-order valence-corrected chi connectivity index (χ3v) is 2.74. The van der Waals surface area contributed by atoms with Crippen molar-refractivity contribution in [1.82, 2.24) is 14.8 Å². The van der Waals surface area contributed by atoms with E-state index in [1.165, 1.54) is 0 Å². The fourth-order valence-corrected chi connectivity index (χ4v) is 1.81. The third kappa shape index (κ3) is 3.05. The summed E-state index contributed by atoms with van der Waals surface area (Å²) in [5.41, 5.74) is 0. The zero-order valence-electron chi connectivity index (χ0n) is 10.2. The van der Waals surface area contributed by atoms with Crippen molar-refractivity contribution in [2.75, 3.05) is 31.2 Å². The molecule has 0 aromatic carbocycles. The van der Waals surface area contributed by atoms with Crippen LogP contribution in [0.4, 0.5) is 5.95 Å². The second-order valence-electron chi connectivity index (χ2n) is 3.35. The van der Waals surface area contributed by atoms with Gasteiger partial charge in [-0.2, -0.15) is 0 Å². The summed E-state index contributed by atoms with van der Waals surface area (Å²) in [5.74, 6) is 0.898. The SMILES string of the molecule is CCOCCN(CC)c1n[nH]c(=S)n1CC. The number of hydrogen-bond donors (Lipinski definition) is 1. The Morgan fingerprint density at radius 2 is 2.19 bits per heavy atom. The highest BCUT2D eigenvalue weighted by Gasteiger charge is 2.11. The monoisotopic (exact) mass is 244 g/mol. The largest absolute Gasteiger partial charge is 0.380 e. The van der Waals surface area contributed by atoms with Gasteiger partial charge in [0.25, 0.3) is 0 Å². The van der Waals surface area contributed by atoms with Crippen LogP contribution in [0.25, 0.3) is 0 Å².